The molecule has 1 aliphatic rings. The Kier molecular flexibility index (Phi) is 4.07. The minimum Gasteiger partial charge on any atom is -0.375 e. The largest absolute Gasteiger partial charge is 0.375 e. The summed E-state index contributed by atoms with van der Waals surface area (Å²) in [6, 6.07) is 2.22. The maximum Gasteiger partial charge on any atom is 0.264 e. The molecule has 0 spiro atoms. The van der Waals surface area contributed by atoms with Gasteiger partial charge in [-0.2, -0.15) is 0 Å². The van der Waals surface area contributed by atoms with Crippen molar-refractivity contribution >= 4 is 17.2 Å². The molecule has 0 saturated carbocycles. The van der Waals surface area contributed by atoms with E-state index in [-0.39, 0.29) is 18.1 Å². The number of amides is 1. The van der Waals surface area contributed by atoms with E-state index in [1.54, 1.807) is 11.3 Å². The van der Waals surface area contributed by atoms with Gasteiger partial charge in [0.25, 0.3) is 5.91 Å². The maximum absolute atomic E-state index is 12.5. The van der Waals surface area contributed by atoms with Gasteiger partial charge >= 0.3 is 0 Å². The van der Waals surface area contributed by atoms with Crippen LogP contribution in [0.25, 0.3) is 0 Å². The van der Waals surface area contributed by atoms with Crippen LogP contribution in [0.15, 0.2) is 6.07 Å². The molecule has 1 saturated heterocycles. The van der Waals surface area contributed by atoms with E-state index in [1.807, 2.05) is 18.7 Å². The number of morpholine rings is 1. The normalized spacial score (nSPS) is 24.3. The first kappa shape index (κ1) is 13.6. The lowest BCUT2D eigenvalue weighted by molar-refractivity contribution is -0.0385. The molecule has 1 aromatic heterocycles. The summed E-state index contributed by atoms with van der Waals surface area (Å²) in [7, 11) is 0. The summed E-state index contributed by atoms with van der Waals surface area (Å²) in [6.07, 6.45) is 1.13. The smallest absolute Gasteiger partial charge is 0.264 e. The number of nitrogens with zero attached hydrogens (tertiary/aromatic N) is 1. The van der Waals surface area contributed by atoms with Crippen molar-refractivity contribution in [3.05, 3.63) is 21.4 Å². The Bertz CT molecular complexity index is 441. The Morgan fingerprint density at radius 2 is 2.28 bits per heavy atom. The molecular weight excluding hydrogens is 246 g/mol. The van der Waals surface area contributed by atoms with Crippen LogP contribution in [0, 0.1) is 6.92 Å². The van der Waals surface area contributed by atoms with E-state index in [1.165, 1.54) is 10.4 Å². The first-order chi connectivity index (χ1) is 8.52. The molecule has 2 unspecified atom stereocenters. The molecular formula is C14H21NO2S. The highest BCUT2D eigenvalue weighted by Crippen LogP contribution is 2.25. The zero-order chi connectivity index (χ0) is 13.3. The van der Waals surface area contributed by atoms with Gasteiger partial charge in [0.05, 0.1) is 23.6 Å². The molecule has 0 N–H and O–H groups in total. The highest BCUT2D eigenvalue weighted by molar-refractivity contribution is 7.14. The van der Waals surface area contributed by atoms with Crippen molar-refractivity contribution < 1.29 is 9.53 Å². The number of aryl methyl sites for hydroxylation is 2. The van der Waals surface area contributed by atoms with Crippen molar-refractivity contribution in [3.8, 4) is 0 Å². The second-order valence-corrected chi connectivity index (χ2v) is 6.25. The average Bonchev–Trinajstić information content (AvgIpc) is 2.73. The zero-order valence-electron chi connectivity index (χ0n) is 11.5. The molecule has 0 radical (unpaired) electrons. The van der Waals surface area contributed by atoms with Gasteiger partial charge in [0.2, 0.25) is 0 Å². The van der Waals surface area contributed by atoms with Gasteiger partial charge in [0.15, 0.2) is 0 Å². The monoisotopic (exact) mass is 267 g/mol. The van der Waals surface area contributed by atoms with Crippen molar-refractivity contribution in [2.24, 2.45) is 0 Å². The number of rotatable bonds is 2. The van der Waals surface area contributed by atoms with Gasteiger partial charge in [0.1, 0.15) is 0 Å². The fourth-order valence-electron chi connectivity index (χ4n) is 2.30. The summed E-state index contributed by atoms with van der Waals surface area (Å²) in [5.74, 6) is 0.158. The van der Waals surface area contributed by atoms with E-state index >= 15 is 0 Å². The molecule has 2 heterocycles. The molecule has 1 aliphatic heterocycles. The van der Waals surface area contributed by atoms with Gasteiger partial charge in [-0.05, 0) is 38.8 Å². The summed E-state index contributed by atoms with van der Waals surface area (Å²) in [4.78, 5) is 16.6. The quantitative estimate of drug-likeness (QED) is 0.824. The van der Waals surface area contributed by atoms with Crippen LogP contribution in [-0.2, 0) is 11.2 Å². The SMILES string of the molecule is CCc1cc(C(=O)N2CC(C)OCC2C)sc1C. The Morgan fingerprint density at radius 3 is 2.89 bits per heavy atom. The Labute approximate surface area is 113 Å². The van der Waals surface area contributed by atoms with Gasteiger partial charge in [0, 0.05) is 11.4 Å². The zero-order valence-corrected chi connectivity index (χ0v) is 12.3. The number of carbonyl (C=O) groups excluding carboxylic acids is 1. The number of thiophene rings is 1. The van der Waals surface area contributed by atoms with Gasteiger partial charge in [-0.15, -0.1) is 11.3 Å². The first-order valence-electron chi connectivity index (χ1n) is 6.54. The van der Waals surface area contributed by atoms with Crippen LogP contribution < -0.4 is 0 Å². The molecule has 2 rings (SSSR count). The van der Waals surface area contributed by atoms with Crippen LogP contribution >= 0.6 is 11.3 Å². The van der Waals surface area contributed by atoms with Gasteiger partial charge in [-0.25, -0.2) is 0 Å². The fourth-order valence-corrected chi connectivity index (χ4v) is 3.37. The topological polar surface area (TPSA) is 29.5 Å². The minimum atomic E-state index is 0.136. The van der Waals surface area contributed by atoms with E-state index in [0.717, 1.165) is 11.3 Å². The molecule has 2 atom stereocenters. The van der Waals surface area contributed by atoms with Crippen molar-refractivity contribution in [2.45, 2.75) is 46.3 Å². The molecule has 1 amide bonds. The Balaban J connectivity index is 2.18. The molecule has 100 valence electrons. The highest BCUT2D eigenvalue weighted by Gasteiger charge is 2.29. The third-order valence-corrected chi connectivity index (χ3v) is 4.56. The fraction of sp³-hybridized carbons (Fsp3) is 0.643. The summed E-state index contributed by atoms with van der Waals surface area (Å²) < 4.78 is 5.57. The first-order valence-corrected chi connectivity index (χ1v) is 7.36. The number of hydrogen-bond acceptors (Lipinski definition) is 3. The lowest BCUT2D eigenvalue weighted by Crippen LogP contribution is -2.50. The lowest BCUT2D eigenvalue weighted by Gasteiger charge is -2.36. The predicted octanol–water partition coefficient (Wildman–Crippen LogP) is 2.87. The molecule has 0 aromatic carbocycles. The number of hydrogen-bond donors (Lipinski definition) is 0. The van der Waals surface area contributed by atoms with Crippen LogP contribution in [0.2, 0.25) is 0 Å². The van der Waals surface area contributed by atoms with Crippen molar-refractivity contribution in [1.82, 2.24) is 4.90 Å². The summed E-state index contributed by atoms with van der Waals surface area (Å²) >= 11 is 1.61. The van der Waals surface area contributed by atoms with Crippen LogP contribution in [0.1, 0.15) is 40.9 Å². The lowest BCUT2D eigenvalue weighted by atomic mass is 10.1. The molecule has 1 aromatic rings. The van der Waals surface area contributed by atoms with E-state index < -0.39 is 0 Å². The van der Waals surface area contributed by atoms with E-state index in [2.05, 4.69) is 19.9 Å². The molecule has 0 aliphatic carbocycles. The van der Waals surface area contributed by atoms with Gasteiger partial charge < -0.3 is 9.64 Å². The van der Waals surface area contributed by atoms with Gasteiger partial charge in [-0.1, -0.05) is 6.92 Å². The summed E-state index contributed by atoms with van der Waals surface area (Å²) in [6.45, 7) is 9.61. The average molecular weight is 267 g/mol. The number of ether oxygens (including phenoxy) is 1. The Hall–Kier alpha value is -0.870. The third kappa shape index (κ3) is 2.59. The van der Waals surface area contributed by atoms with Crippen molar-refractivity contribution in [1.29, 1.82) is 0 Å². The third-order valence-electron chi connectivity index (χ3n) is 3.48. The molecule has 0 bridgehead atoms. The standard InChI is InChI=1S/C14H21NO2S/c1-5-12-6-13(18-11(12)4)14(16)15-7-10(3)17-8-9(15)2/h6,9-10H,5,7-8H2,1-4H3. The van der Waals surface area contributed by atoms with E-state index in [9.17, 15) is 4.79 Å². The number of carbonyl (C=O) groups is 1. The highest BCUT2D eigenvalue weighted by atomic mass is 32.1. The molecule has 3 nitrogen and oxygen atoms in total. The molecule has 4 heteroatoms. The van der Waals surface area contributed by atoms with Crippen LogP contribution in [0.5, 0.6) is 0 Å². The molecule has 1 fully saturated rings. The van der Waals surface area contributed by atoms with Crippen molar-refractivity contribution in [3.63, 3.8) is 0 Å². The van der Waals surface area contributed by atoms with E-state index in [4.69, 9.17) is 4.74 Å². The molecule has 18 heavy (non-hydrogen) atoms. The van der Waals surface area contributed by atoms with E-state index in [0.29, 0.717) is 13.2 Å². The summed E-state index contributed by atoms with van der Waals surface area (Å²) in [5, 5.41) is 0. The minimum absolute atomic E-state index is 0.136. The second kappa shape index (κ2) is 5.41. The summed E-state index contributed by atoms with van der Waals surface area (Å²) in [5.41, 5.74) is 1.29. The predicted molar refractivity (Wildman–Crippen MR) is 74.3 cm³/mol. The van der Waals surface area contributed by atoms with Crippen LogP contribution in [0.4, 0.5) is 0 Å². The maximum atomic E-state index is 12.5. The second-order valence-electron chi connectivity index (χ2n) is 5.00. The van der Waals surface area contributed by atoms with Crippen molar-refractivity contribution in [2.75, 3.05) is 13.2 Å². The van der Waals surface area contributed by atoms with Crippen LogP contribution in [-0.4, -0.2) is 36.1 Å². The van der Waals surface area contributed by atoms with Gasteiger partial charge in [-0.3, -0.25) is 4.79 Å². The van der Waals surface area contributed by atoms with Crippen LogP contribution in [0.3, 0.4) is 0 Å². The Morgan fingerprint density at radius 1 is 1.56 bits per heavy atom.